The van der Waals surface area contributed by atoms with E-state index in [4.69, 9.17) is 28.9 Å². The zero-order valence-corrected chi connectivity index (χ0v) is 41.0. The molecule has 1 aliphatic rings. The lowest BCUT2D eigenvalue weighted by Crippen LogP contribution is -2.27. The van der Waals surface area contributed by atoms with E-state index in [9.17, 15) is 0 Å². The minimum Gasteiger partial charge on any atom is -0.466 e. The van der Waals surface area contributed by atoms with Crippen LogP contribution in [0.2, 0.25) is 0 Å². The Bertz CT molecular complexity index is 3350. The molecule has 72 heavy (non-hydrogen) atoms. The van der Waals surface area contributed by atoms with E-state index in [1.54, 1.807) is 14.2 Å². The smallest absolute Gasteiger partial charge is 0.188 e. The fourth-order valence-corrected chi connectivity index (χ4v) is 10.9. The molecule has 0 aliphatic heterocycles. The molecule has 1 fully saturated rings. The Labute approximate surface area is 422 Å². The van der Waals surface area contributed by atoms with Gasteiger partial charge >= 0.3 is 0 Å². The molecule has 0 bridgehead atoms. The highest BCUT2D eigenvalue weighted by molar-refractivity contribution is 6.13. The topological polar surface area (TPSA) is 61.6 Å². The van der Waals surface area contributed by atoms with Crippen molar-refractivity contribution in [3.8, 4) is 33.8 Å². The number of aliphatic imine (C=N–C) groups is 2. The van der Waals surface area contributed by atoms with Gasteiger partial charge < -0.3 is 18.9 Å². The highest BCUT2D eigenvalue weighted by atomic mass is 16.7. The second-order valence-corrected chi connectivity index (χ2v) is 18.8. The number of rotatable bonds is 16. The van der Waals surface area contributed by atoms with Gasteiger partial charge in [-0.25, -0.2) is 0 Å². The van der Waals surface area contributed by atoms with E-state index < -0.39 is 0 Å². The predicted octanol–water partition coefficient (Wildman–Crippen LogP) is 15.6. The summed E-state index contributed by atoms with van der Waals surface area (Å²) in [6, 6.07) is 69.3. The van der Waals surface area contributed by atoms with Crippen LogP contribution in [0.5, 0.6) is 11.5 Å². The van der Waals surface area contributed by atoms with Crippen molar-refractivity contribution >= 4 is 55.5 Å². The van der Waals surface area contributed by atoms with Crippen LogP contribution in [-0.4, -0.2) is 52.3 Å². The fourth-order valence-electron chi connectivity index (χ4n) is 10.9. The number of ether oxygens (including phenoxy) is 4. The molecule has 0 heterocycles. The minimum absolute atomic E-state index is 0.0507. The Morgan fingerprint density at radius 1 is 0.403 bits per heavy atom. The Balaban J connectivity index is 1.03. The second kappa shape index (κ2) is 21.6. The summed E-state index contributed by atoms with van der Waals surface area (Å²) in [6.07, 6.45) is 9.63. The molecule has 2 atom stereocenters. The molecule has 0 aromatic heterocycles. The van der Waals surface area contributed by atoms with E-state index in [1.807, 2.05) is 12.4 Å². The first-order valence-corrected chi connectivity index (χ1v) is 25.2. The molecule has 0 N–H and O–H groups in total. The number of fused-ring (bicyclic) bond motifs is 4. The number of hydrogen-bond acceptors (Lipinski definition) is 6. The van der Waals surface area contributed by atoms with Crippen LogP contribution in [0.4, 0.5) is 0 Å². The molecule has 6 heteroatoms. The van der Waals surface area contributed by atoms with Crippen molar-refractivity contribution in [2.45, 2.75) is 50.6 Å². The van der Waals surface area contributed by atoms with Crippen LogP contribution in [0.25, 0.3) is 65.3 Å². The van der Waals surface area contributed by atoms with E-state index in [0.29, 0.717) is 0 Å². The largest absolute Gasteiger partial charge is 0.466 e. The van der Waals surface area contributed by atoms with Gasteiger partial charge in [0, 0.05) is 48.9 Å². The average Bonchev–Trinajstić information content (AvgIpc) is 3.43. The van der Waals surface area contributed by atoms with Crippen LogP contribution in [-0.2, 0) is 22.3 Å². The summed E-state index contributed by atoms with van der Waals surface area (Å²) in [6.45, 7) is 0.185. The van der Waals surface area contributed by atoms with Crippen molar-refractivity contribution < 1.29 is 18.9 Å². The molecule has 1 aliphatic carbocycles. The quantitative estimate of drug-likeness (QED) is 0.0715. The van der Waals surface area contributed by atoms with Gasteiger partial charge in [-0.3, -0.25) is 9.98 Å². The summed E-state index contributed by atoms with van der Waals surface area (Å²) in [5, 5.41) is 9.15. The summed E-state index contributed by atoms with van der Waals surface area (Å²) in [4.78, 5) is 10.9. The molecule has 6 nitrogen and oxygen atoms in total. The standard InChI is InChI=1S/C66H58N2O4/c1-69-43-71-65-53(39-49-25-11-15-29-57(49)63(65)61-51(37-45-19-5-3-6-20-45)35-33-47-23-9-13-27-55(47)61)41-67-59-31-17-18-32-60(59)68-42-54-40-50-26-12-16-30-58(50)64(66(54)72-44-70-2)62-52(38-46-21-7-4-8-22-46)36-34-48-24-10-14-28-56(48)62/h3-16,19-30,33-36,39-42,59-60H,17-18,31-32,37-38,43-44H2,1-2H3/t59-,60-/m0/s1. The maximum absolute atomic E-state index is 6.74. The molecule has 0 saturated heterocycles. The van der Waals surface area contributed by atoms with E-state index in [2.05, 4.69) is 194 Å². The normalized spacial score (nSPS) is 15.1. The molecular formula is C66H58N2O4. The summed E-state index contributed by atoms with van der Waals surface area (Å²) in [7, 11) is 3.35. The van der Waals surface area contributed by atoms with Gasteiger partial charge in [0.2, 0.25) is 0 Å². The first-order chi connectivity index (χ1) is 35.6. The number of nitrogens with zero attached hydrogens (tertiary/aromatic N) is 2. The molecule has 11 rings (SSSR count). The second-order valence-electron chi connectivity index (χ2n) is 18.8. The first kappa shape index (κ1) is 46.5. The lowest BCUT2D eigenvalue weighted by atomic mass is 9.86. The zero-order chi connectivity index (χ0) is 48.6. The number of hydrogen-bond donors (Lipinski definition) is 0. The van der Waals surface area contributed by atoms with Crippen molar-refractivity contribution in [3.05, 3.63) is 228 Å². The van der Waals surface area contributed by atoms with Crippen molar-refractivity contribution in [3.63, 3.8) is 0 Å². The highest BCUT2D eigenvalue weighted by Crippen LogP contribution is 2.47. The van der Waals surface area contributed by atoms with Gasteiger partial charge in [-0.2, -0.15) is 0 Å². The van der Waals surface area contributed by atoms with Crippen LogP contribution < -0.4 is 9.47 Å². The maximum atomic E-state index is 6.74. The fraction of sp³-hybridized carbons (Fsp3) is 0.182. The van der Waals surface area contributed by atoms with Gasteiger partial charge in [-0.15, -0.1) is 0 Å². The van der Waals surface area contributed by atoms with E-state index >= 15 is 0 Å². The van der Waals surface area contributed by atoms with Gasteiger partial charge in [-0.1, -0.05) is 195 Å². The molecule has 356 valence electrons. The SMILES string of the molecule is COCOc1c(C=N[C@H]2CCCC[C@@H]2N=Cc2cc3ccccc3c(-c3c(Cc4ccccc4)ccc4ccccc34)c2OCOC)cc2ccccc2c1-c1c(Cc2ccccc2)ccc2ccccc12. The molecule has 1 saturated carbocycles. The lowest BCUT2D eigenvalue weighted by molar-refractivity contribution is 0.0513. The summed E-state index contributed by atoms with van der Waals surface area (Å²) < 4.78 is 24.8. The van der Waals surface area contributed by atoms with Crippen LogP contribution >= 0.6 is 0 Å². The van der Waals surface area contributed by atoms with Crippen LogP contribution in [0.1, 0.15) is 59.1 Å². The average molecular weight is 943 g/mol. The third-order valence-corrected chi connectivity index (χ3v) is 14.2. The van der Waals surface area contributed by atoms with Gasteiger partial charge in [-0.05, 0) is 114 Å². The third kappa shape index (κ3) is 9.64. The van der Waals surface area contributed by atoms with Crippen LogP contribution in [0, 0.1) is 0 Å². The van der Waals surface area contributed by atoms with Crippen LogP contribution in [0.3, 0.4) is 0 Å². The maximum Gasteiger partial charge on any atom is 0.188 e. The van der Waals surface area contributed by atoms with Gasteiger partial charge in [0.1, 0.15) is 11.5 Å². The van der Waals surface area contributed by atoms with Crippen molar-refractivity contribution in [1.29, 1.82) is 0 Å². The minimum atomic E-state index is -0.0507. The van der Waals surface area contributed by atoms with Crippen molar-refractivity contribution in [2.75, 3.05) is 27.8 Å². The monoisotopic (exact) mass is 942 g/mol. The molecule has 10 aromatic rings. The zero-order valence-electron chi connectivity index (χ0n) is 41.0. The Hall–Kier alpha value is -7.90. The van der Waals surface area contributed by atoms with E-state index in [1.165, 1.54) is 43.8 Å². The molecule has 0 amide bonds. The van der Waals surface area contributed by atoms with Gasteiger partial charge in [0.15, 0.2) is 13.6 Å². The van der Waals surface area contributed by atoms with Gasteiger partial charge in [0.25, 0.3) is 0 Å². The third-order valence-electron chi connectivity index (χ3n) is 14.2. The van der Waals surface area contributed by atoms with E-state index in [-0.39, 0.29) is 25.7 Å². The summed E-state index contributed by atoms with van der Waals surface area (Å²) >= 11 is 0. The first-order valence-electron chi connectivity index (χ1n) is 25.2. The molecule has 0 radical (unpaired) electrons. The number of benzene rings is 10. The molecular weight excluding hydrogens is 885 g/mol. The number of methoxy groups -OCH3 is 2. The van der Waals surface area contributed by atoms with Crippen LogP contribution in [0.15, 0.2) is 204 Å². The Kier molecular flexibility index (Phi) is 14.0. The van der Waals surface area contributed by atoms with Gasteiger partial charge in [0.05, 0.1) is 12.1 Å². The summed E-state index contributed by atoms with van der Waals surface area (Å²) in [5.74, 6) is 1.51. The Morgan fingerprint density at radius 2 is 0.764 bits per heavy atom. The van der Waals surface area contributed by atoms with Crippen molar-refractivity contribution in [1.82, 2.24) is 0 Å². The molecule has 0 unspecified atom stereocenters. The predicted molar refractivity (Wildman–Crippen MR) is 299 cm³/mol. The molecule has 0 spiro atoms. The highest BCUT2D eigenvalue weighted by Gasteiger charge is 2.27. The Morgan fingerprint density at radius 3 is 1.17 bits per heavy atom. The van der Waals surface area contributed by atoms with E-state index in [0.717, 1.165) is 105 Å². The molecule has 10 aromatic carbocycles. The summed E-state index contributed by atoms with van der Waals surface area (Å²) in [5.41, 5.74) is 11.2. The lowest BCUT2D eigenvalue weighted by Gasteiger charge is -2.26. The van der Waals surface area contributed by atoms with Crippen molar-refractivity contribution in [2.24, 2.45) is 9.98 Å².